The van der Waals surface area contributed by atoms with Crippen LogP contribution in [0.15, 0.2) is 27.7 Å². The topological polar surface area (TPSA) is 64.7 Å². The average Bonchev–Trinajstić information content (AvgIpc) is 2.77. The van der Waals surface area contributed by atoms with Gasteiger partial charge in [-0.1, -0.05) is 0 Å². The van der Waals surface area contributed by atoms with E-state index >= 15 is 0 Å². The van der Waals surface area contributed by atoms with Crippen molar-refractivity contribution < 1.29 is 0 Å². The molecular weight excluding hydrogens is 288 g/mol. The molecule has 0 radical (unpaired) electrons. The van der Waals surface area contributed by atoms with Crippen LogP contribution >= 0.6 is 23.1 Å². The molecule has 4 nitrogen and oxygen atoms in total. The molecule has 3 rings (SSSR count). The number of anilines is 1. The number of nitrogens with zero attached hydrogens (tertiary/aromatic N) is 3. The fraction of sp³-hybridized carbons (Fsp3) is 0.214. The van der Waals surface area contributed by atoms with Crippen molar-refractivity contribution in [1.82, 2.24) is 15.0 Å². The van der Waals surface area contributed by atoms with Gasteiger partial charge in [0.05, 0.1) is 10.2 Å². The molecule has 2 aromatic heterocycles. The van der Waals surface area contributed by atoms with Crippen molar-refractivity contribution in [3.05, 3.63) is 35.2 Å². The highest BCUT2D eigenvalue weighted by Gasteiger charge is 2.10. The Hall–Kier alpha value is -1.66. The summed E-state index contributed by atoms with van der Waals surface area (Å²) in [6, 6.07) is 5.76. The summed E-state index contributed by atoms with van der Waals surface area (Å²) in [5, 5.41) is 0.748. The second-order valence-electron chi connectivity index (χ2n) is 4.61. The van der Waals surface area contributed by atoms with Gasteiger partial charge in [-0.3, -0.25) is 0 Å². The molecule has 3 aromatic rings. The Balaban J connectivity index is 1.96. The summed E-state index contributed by atoms with van der Waals surface area (Å²) in [5.74, 6) is 0. The monoisotopic (exact) mass is 302 g/mol. The number of fused-ring (bicyclic) bond motifs is 1. The minimum Gasteiger partial charge on any atom is -0.399 e. The largest absolute Gasteiger partial charge is 0.399 e. The van der Waals surface area contributed by atoms with E-state index in [1.165, 1.54) is 11.8 Å². The van der Waals surface area contributed by atoms with E-state index in [0.29, 0.717) is 0 Å². The van der Waals surface area contributed by atoms with E-state index < -0.39 is 0 Å². The molecule has 0 amide bonds. The normalized spacial score (nSPS) is 11.2. The lowest BCUT2D eigenvalue weighted by molar-refractivity contribution is 0.880. The summed E-state index contributed by atoms with van der Waals surface area (Å²) < 4.78 is 2.03. The third-order valence-corrected chi connectivity index (χ3v) is 5.13. The minimum absolute atomic E-state index is 0.748. The van der Waals surface area contributed by atoms with Crippen molar-refractivity contribution in [3.63, 3.8) is 0 Å². The van der Waals surface area contributed by atoms with Gasteiger partial charge < -0.3 is 5.73 Å². The molecule has 2 heterocycles. The fourth-order valence-corrected chi connectivity index (χ4v) is 3.90. The maximum absolute atomic E-state index is 5.79. The quantitative estimate of drug-likeness (QED) is 0.577. The van der Waals surface area contributed by atoms with Gasteiger partial charge in [-0.15, -0.1) is 11.3 Å². The molecule has 0 spiro atoms. The standard InChI is InChI=1S/C14H14N4S2/c1-7-8(2)16-13(17-9(7)3)20-14-18-11-5-4-10(15)6-12(11)19-14/h4-6H,15H2,1-3H3. The second-order valence-corrected chi connectivity index (χ2v) is 6.86. The summed E-state index contributed by atoms with van der Waals surface area (Å²) in [6.07, 6.45) is 0. The first-order valence-corrected chi connectivity index (χ1v) is 7.82. The van der Waals surface area contributed by atoms with Crippen molar-refractivity contribution in [2.24, 2.45) is 0 Å². The molecule has 0 bridgehead atoms. The molecular formula is C14H14N4S2. The zero-order chi connectivity index (χ0) is 14.3. The molecule has 0 saturated heterocycles. The number of aromatic nitrogens is 3. The van der Waals surface area contributed by atoms with E-state index in [4.69, 9.17) is 5.73 Å². The van der Waals surface area contributed by atoms with Crippen LogP contribution in [0, 0.1) is 20.8 Å². The molecule has 1 aromatic carbocycles. The lowest BCUT2D eigenvalue weighted by atomic mass is 10.2. The van der Waals surface area contributed by atoms with Gasteiger partial charge >= 0.3 is 0 Å². The van der Waals surface area contributed by atoms with E-state index in [0.717, 1.165) is 42.4 Å². The Labute approximate surface area is 125 Å². The zero-order valence-electron chi connectivity index (χ0n) is 11.5. The first kappa shape index (κ1) is 13.3. The predicted octanol–water partition coefficient (Wildman–Crippen LogP) is 3.74. The highest BCUT2D eigenvalue weighted by atomic mass is 32.2. The fourth-order valence-electron chi connectivity index (χ4n) is 1.83. The van der Waals surface area contributed by atoms with Crippen molar-refractivity contribution in [2.45, 2.75) is 30.3 Å². The van der Waals surface area contributed by atoms with Gasteiger partial charge in [-0.25, -0.2) is 15.0 Å². The molecule has 0 unspecified atom stereocenters. The van der Waals surface area contributed by atoms with Crippen LogP contribution in [0.5, 0.6) is 0 Å². The smallest absolute Gasteiger partial charge is 0.195 e. The van der Waals surface area contributed by atoms with Crippen LogP contribution in [-0.4, -0.2) is 15.0 Å². The van der Waals surface area contributed by atoms with E-state index in [-0.39, 0.29) is 0 Å². The number of rotatable bonds is 2. The lowest BCUT2D eigenvalue weighted by Crippen LogP contribution is -1.97. The number of nitrogens with two attached hydrogens (primary N) is 1. The number of thiazole rings is 1. The SMILES string of the molecule is Cc1nc(Sc2nc3ccc(N)cc3s2)nc(C)c1C. The Morgan fingerprint density at radius 1 is 1.05 bits per heavy atom. The van der Waals surface area contributed by atoms with Crippen molar-refractivity contribution in [2.75, 3.05) is 5.73 Å². The number of nitrogen functional groups attached to an aromatic ring is 1. The van der Waals surface area contributed by atoms with Crippen molar-refractivity contribution in [1.29, 1.82) is 0 Å². The highest BCUT2D eigenvalue weighted by molar-refractivity contribution is 8.01. The Morgan fingerprint density at radius 2 is 1.75 bits per heavy atom. The van der Waals surface area contributed by atoms with Crippen LogP contribution in [0.1, 0.15) is 17.0 Å². The third kappa shape index (κ3) is 2.48. The maximum atomic E-state index is 5.79. The van der Waals surface area contributed by atoms with Crippen molar-refractivity contribution >= 4 is 39.0 Å². The maximum Gasteiger partial charge on any atom is 0.195 e. The van der Waals surface area contributed by atoms with Gasteiger partial charge in [0.2, 0.25) is 0 Å². The zero-order valence-corrected chi connectivity index (χ0v) is 13.1. The van der Waals surface area contributed by atoms with Crippen LogP contribution < -0.4 is 5.73 Å². The summed E-state index contributed by atoms with van der Waals surface area (Å²) in [6.45, 7) is 6.06. The molecule has 0 aliphatic carbocycles. The highest BCUT2D eigenvalue weighted by Crippen LogP contribution is 2.33. The second kappa shape index (κ2) is 5.03. The van der Waals surface area contributed by atoms with Crippen LogP contribution in [-0.2, 0) is 0 Å². The molecule has 6 heteroatoms. The molecule has 0 saturated carbocycles. The Morgan fingerprint density at radius 3 is 2.45 bits per heavy atom. The Bertz CT molecular complexity index is 772. The Kier molecular flexibility index (Phi) is 3.35. The van der Waals surface area contributed by atoms with Crippen LogP contribution in [0.3, 0.4) is 0 Å². The molecule has 0 atom stereocenters. The number of aryl methyl sites for hydroxylation is 2. The molecule has 0 fully saturated rings. The van der Waals surface area contributed by atoms with Gasteiger partial charge in [-0.05, 0) is 56.3 Å². The van der Waals surface area contributed by atoms with Gasteiger partial charge in [0.1, 0.15) is 0 Å². The molecule has 0 aliphatic rings. The van der Waals surface area contributed by atoms with E-state index in [2.05, 4.69) is 15.0 Å². The van der Waals surface area contributed by atoms with Crippen LogP contribution in [0.4, 0.5) is 5.69 Å². The summed E-state index contributed by atoms with van der Waals surface area (Å²) in [7, 11) is 0. The van der Waals surface area contributed by atoms with Gasteiger partial charge in [0, 0.05) is 17.1 Å². The first-order chi connectivity index (χ1) is 9.52. The number of benzene rings is 1. The third-order valence-electron chi connectivity index (χ3n) is 3.18. The molecule has 2 N–H and O–H groups in total. The van der Waals surface area contributed by atoms with Gasteiger partial charge in [0.25, 0.3) is 0 Å². The van der Waals surface area contributed by atoms with Gasteiger partial charge in [0.15, 0.2) is 9.50 Å². The summed E-state index contributed by atoms with van der Waals surface area (Å²) in [4.78, 5) is 13.6. The summed E-state index contributed by atoms with van der Waals surface area (Å²) in [5.41, 5.74) is 10.7. The van der Waals surface area contributed by atoms with Crippen molar-refractivity contribution in [3.8, 4) is 0 Å². The van der Waals surface area contributed by atoms with Crippen LogP contribution in [0.25, 0.3) is 10.2 Å². The first-order valence-electron chi connectivity index (χ1n) is 6.18. The predicted molar refractivity (Wildman–Crippen MR) is 84.4 cm³/mol. The summed E-state index contributed by atoms with van der Waals surface area (Å²) >= 11 is 3.11. The van der Waals surface area contributed by atoms with E-state index in [9.17, 15) is 0 Å². The van der Waals surface area contributed by atoms with Crippen LogP contribution in [0.2, 0.25) is 0 Å². The van der Waals surface area contributed by atoms with Gasteiger partial charge in [-0.2, -0.15) is 0 Å². The average molecular weight is 302 g/mol. The van der Waals surface area contributed by atoms with E-state index in [1.807, 2.05) is 39.0 Å². The van der Waals surface area contributed by atoms with E-state index in [1.54, 1.807) is 11.3 Å². The minimum atomic E-state index is 0.748. The number of hydrogen-bond acceptors (Lipinski definition) is 6. The molecule has 20 heavy (non-hydrogen) atoms. The lowest BCUT2D eigenvalue weighted by Gasteiger charge is -2.04. The molecule has 102 valence electrons. The number of hydrogen-bond donors (Lipinski definition) is 1. The molecule has 0 aliphatic heterocycles.